The van der Waals surface area contributed by atoms with Gasteiger partial charge in [-0.25, -0.2) is 0 Å². The van der Waals surface area contributed by atoms with Gasteiger partial charge in [0.2, 0.25) is 5.91 Å². The highest BCUT2D eigenvalue weighted by Gasteiger charge is 2.29. The zero-order chi connectivity index (χ0) is 22.8. The number of rotatable bonds is 6. The molecular weight excluding hydrogens is 412 g/mol. The Morgan fingerprint density at radius 3 is 2.91 bits per heavy atom. The first kappa shape index (κ1) is 21.1. The average Bonchev–Trinajstić information content (AvgIpc) is 3.47. The summed E-state index contributed by atoms with van der Waals surface area (Å²) in [6, 6.07) is 20.1. The number of pyridine rings is 1. The van der Waals surface area contributed by atoms with Crippen LogP contribution in [0.15, 0.2) is 66.9 Å². The lowest BCUT2D eigenvalue weighted by Crippen LogP contribution is -2.29. The van der Waals surface area contributed by atoms with Gasteiger partial charge in [-0.15, -0.1) is 0 Å². The van der Waals surface area contributed by atoms with Crippen molar-refractivity contribution in [2.75, 3.05) is 25.5 Å². The molecule has 2 N–H and O–H groups in total. The van der Waals surface area contributed by atoms with Crippen LogP contribution in [0.1, 0.15) is 29.3 Å². The highest BCUT2D eigenvalue weighted by Crippen LogP contribution is 2.30. The molecule has 2 aromatic heterocycles. The first-order valence-electron chi connectivity index (χ1n) is 11.3. The van der Waals surface area contributed by atoms with Gasteiger partial charge in [0, 0.05) is 64.9 Å². The fourth-order valence-corrected chi connectivity index (χ4v) is 4.62. The molecule has 6 nitrogen and oxygen atoms in total. The summed E-state index contributed by atoms with van der Waals surface area (Å²) in [5, 5.41) is 4.58. The fourth-order valence-electron chi connectivity index (χ4n) is 4.62. The van der Waals surface area contributed by atoms with Gasteiger partial charge < -0.3 is 19.9 Å². The number of aromatic nitrogens is 2. The Balaban J connectivity index is 1.28. The van der Waals surface area contributed by atoms with E-state index in [0.717, 1.165) is 57.9 Å². The molecule has 1 aliphatic heterocycles. The van der Waals surface area contributed by atoms with E-state index in [1.165, 1.54) is 0 Å². The number of aryl methyl sites for hydroxylation is 1. The van der Waals surface area contributed by atoms with E-state index >= 15 is 0 Å². The van der Waals surface area contributed by atoms with Crippen LogP contribution >= 0.6 is 0 Å². The molecule has 6 heteroatoms. The van der Waals surface area contributed by atoms with E-state index in [1.807, 2.05) is 66.6 Å². The number of fused-ring (bicyclic) bond motifs is 1. The van der Waals surface area contributed by atoms with Crippen molar-refractivity contribution >= 4 is 28.2 Å². The molecule has 1 amide bonds. The molecule has 1 aliphatic rings. The smallest absolute Gasteiger partial charge is 0.227 e. The summed E-state index contributed by atoms with van der Waals surface area (Å²) >= 11 is 0. The summed E-state index contributed by atoms with van der Waals surface area (Å²) < 4.78 is 5.32. The van der Waals surface area contributed by atoms with Crippen molar-refractivity contribution in [3.63, 3.8) is 0 Å². The molecule has 1 saturated heterocycles. The van der Waals surface area contributed by atoms with Crippen molar-refractivity contribution < 1.29 is 9.53 Å². The Kier molecular flexibility index (Phi) is 5.73. The normalized spacial score (nSPS) is 15.7. The van der Waals surface area contributed by atoms with Gasteiger partial charge >= 0.3 is 0 Å². The Morgan fingerprint density at radius 1 is 1.15 bits per heavy atom. The van der Waals surface area contributed by atoms with E-state index in [0.29, 0.717) is 13.0 Å². The van der Waals surface area contributed by atoms with Gasteiger partial charge in [-0.1, -0.05) is 24.3 Å². The minimum Gasteiger partial charge on any atom is -0.497 e. The van der Waals surface area contributed by atoms with E-state index in [1.54, 1.807) is 7.11 Å². The number of ether oxygens (including phenoxy) is 1. The number of carbonyl (C=O) groups excluding carboxylic acids is 1. The number of hydrogen-bond acceptors (Lipinski definition) is 4. The molecular formula is C27H28N4O2. The minimum absolute atomic E-state index is 0.171. The van der Waals surface area contributed by atoms with E-state index < -0.39 is 0 Å². The molecule has 0 aliphatic carbocycles. The van der Waals surface area contributed by atoms with Crippen molar-refractivity contribution in [2.24, 2.45) is 0 Å². The van der Waals surface area contributed by atoms with Crippen molar-refractivity contribution in [2.45, 2.75) is 25.7 Å². The van der Waals surface area contributed by atoms with Gasteiger partial charge in [0.05, 0.1) is 13.5 Å². The number of nitrogens with zero attached hydrogens (tertiary/aromatic N) is 2. The second-order valence-electron chi connectivity index (χ2n) is 8.64. The van der Waals surface area contributed by atoms with Crippen LogP contribution in [0.25, 0.3) is 10.9 Å². The standard InChI is InChI=1S/C27H28N4O2/c1-18-12-22(30-21-6-5-7-23(14-21)33-2)15-26(29-18)19-10-11-31(17-19)27(32)13-20-16-28-25-9-4-3-8-24(20)25/h3-9,12,14-16,19,28H,10-11,13,17H2,1-2H3,(H,29,30). The summed E-state index contributed by atoms with van der Waals surface area (Å²) in [5.41, 5.74) is 6.07. The van der Waals surface area contributed by atoms with Crippen LogP contribution in [0.2, 0.25) is 0 Å². The van der Waals surface area contributed by atoms with Crippen LogP contribution in [-0.4, -0.2) is 41.0 Å². The minimum atomic E-state index is 0.171. The number of methoxy groups -OCH3 is 1. The number of nitrogens with one attached hydrogen (secondary N) is 2. The van der Waals surface area contributed by atoms with Crippen LogP contribution in [0.4, 0.5) is 11.4 Å². The number of anilines is 2. The zero-order valence-corrected chi connectivity index (χ0v) is 19.0. The number of para-hydroxylation sites is 1. The Hall–Kier alpha value is -3.80. The summed E-state index contributed by atoms with van der Waals surface area (Å²) in [5.74, 6) is 1.22. The highest BCUT2D eigenvalue weighted by molar-refractivity contribution is 5.89. The third-order valence-corrected chi connectivity index (χ3v) is 6.31. The van der Waals surface area contributed by atoms with E-state index in [4.69, 9.17) is 9.72 Å². The Morgan fingerprint density at radius 2 is 2.03 bits per heavy atom. The summed E-state index contributed by atoms with van der Waals surface area (Å²) in [6.45, 7) is 3.48. The summed E-state index contributed by atoms with van der Waals surface area (Å²) in [6.07, 6.45) is 3.30. The van der Waals surface area contributed by atoms with Crippen molar-refractivity contribution in [3.05, 3.63) is 83.8 Å². The summed E-state index contributed by atoms with van der Waals surface area (Å²) in [7, 11) is 1.67. The maximum Gasteiger partial charge on any atom is 0.227 e. The Labute approximate surface area is 193 Å². The largest absolute Gasteiger partial charge is 0.497 e. The number of carbonyl (C=O) groups is 1. The topological polar surface area (TPSA) is 70.2 Å². The average molecular weight is 441 g/mol. The van der Waals surface area contributed by atoms with E-state index in [-0.39, 0.29) is 11.8 Å². The third-order valence-electron chi connectivity index (χ3n) is 6.31. The monoisotopic (exact) mass is 440 g/mol. The second-order valence-corrected chi connectivity index (χ2v) is 8.64. The van der Waals surface area contributed by atoms with Gasteiger partial charge in [-0.3, -0.25) is 9.78 Å². The molecule has 33 heavy (non-hydrogen) atoms. The fraction of sp³-hybridized carbons (Fsp3) is 0.259. The molecule has 5 rings (SSSR count). The quantitative estimate of drug-likeness (QED) is 0.433. The first-order valence-corrected chi connectivity index (χ1v) is 11.3. The number of aromatic amines is 1. The lowest BCUT2D eigenvalue weighted by molar-refractivity contribution is -0.129. The van der Waals surface area contributed by atoms with Gasteiger partial charge in [-0.2, -0.15) is 0 Å². The first-order chi connectivity index (χ1) is 16.1. The van der Waals surface area contributed by atoms with E-state index in [2.05, 4.69) is 22.4 Å². The van der Waals surface area contributed by atoms with Crippen molar-refractivity contribution in [1.29, 1.82) is 0 Å². The number of hydrogen-bond donors (Lipinski definition) is 2. The SMILES string of the molecule is COc1cccc(Nc2cc(C)nc(C3CCN(C(=O)Cc4c[nH]c5ccccc45)C3)c2)c1. The van der Waals surface area contributed by atoms with Crippen LogP contribution < -0.4 is 10.1 Å². The van der Waals surface area contributed by atoms with Crippen LogP contribution in [0.3, 0.4) is 0 Å². The predicted molar refractivity (Wildman–Crippen MR) is 131 cm³/mol. The maximum atomic E-state index is 13.0. The lowest BCUT2D eigenvalue weighted by Gasteiger charge is -2.17. The molecule has 3 heterocycles. The van der Waals surface area contributed by atoms with Gasteiger partial charge in [0.1, 0.15) is 5.75 Å². The highest BCUT2D eigenvalue weighted by atomic mass is 16.5. The molecule has 168 valence electrons. The molecule has 4 aromatic rings. The number of likely N-dealkylation sites (tertiary alicyclic amines) is 1. The van der Waals surface area contributed by atoms with Crippen molar-refractivity contribution in [3.8, 4) is 5.75 Å². The Bertz CT molecular complexity index is 1300. The van der Waals surface area contributed by atoms with Crippen LogP contribution in [0, 0.1) is 6.92 Å². The van der Waals surface area contributed by atoms with Crippen LogP contribution in [0.5, 0.6) is 5.75 Å². The van der Waals surface area contributed by atoms with E-state index in [9.17, 15) is 4.79 Å². The molecule has 0 radical (unpaired) electrons. The van der Waals surface area contributed by atoms with Gasteiger partial charge in [0.15, 0.2) is 0 Å². The zero-order valence-electron chi connectivity index (χ0n) is 19.0. The van der Waals surface area contributed by atoms with Crippen molar-refractivity contribution in [1.82, 2.24) is 14.9 Å². The third kappa shape index (κ3) is 4.55. The molecule has 0 saturated carbocycles. The molecule has 0 spiro atoms. The molecule has 1 fully saturated rings. The maximum absolute atomic E-state index is 13.0. The molecule has 2 aromatic carbocycles. The van der Waals surface area contributed by atoms with Gasteiger partial charge in [0.25, 0.3) is 0 Å². The second kappa shape index (κ2) is 8.98. The molecule has 0 bridgehead atoms. The number of H-pyrrole nitrogens is 1. The number of benzene rings is 2. The van der Waals surface area contributed by atoms with Crippen LogP contribution in [-0.2, 0) is 11.2 Å². The predicted octanol–water partition coefficient (Wildman–Crippen LogP) is 5.18. The summed E-state index contributed by atoms with van der Waals surface area (Å²) in [4.78, 5) is 23.1. The number of amides is 1. The molecule has 1 atom stereocenters. The molecule has 1 unspecified atom stereocenters. The lowest BCUT2D eigenvalue weighted by atomic mass is 10.0. The van der Waals surface area contributed by atoms with Gasteiger partial charge in [-0.05, 0) is 49.2 Å².